The maximum Gasteiger partial charge on any atom is 0.230 e. The molecule has 1 fully saturated rings. The summed E-state index contributed by atoms with van der Waals surface area (Å²) in [5, 5.41) is 12.1. The molecule has 118 valence electrons. The average molecular weight is 319 g/mol. The largest absolute Gasteiger partial charge is 0.396 e. The Bertz CT molecular complexity index is 679. The summed E-state index contributed by atoms with van der Waals surface area (Å²) in [5.41, 5.74) is 3.09. The summed E-state index contributed by atoms with van der Waals surface area (Å²) >= 11 is 1.56. The van der Waals surface area contributed by atoms with Crippen LogP contribution in [0.15, 0.2) is 24.5 Å². The summed E-state index contributed by atoms with van der Waals surface area (Å²) in [6.45, 7) is 2.81. The van der Waals surface area contributed by atoms with E-state index in [4.69, 9.17) is 0 Å². The number of aromatic nitrogens is 2. The zero-order valence-electron chi connectivity index (χ0n) is 12.7. The number of thioether (sulfide) groups is 1. The van der Waals surface area contributed by atoms with E-state index in [0.717, 1.165) is 29.9 Å². The number of fused-ring (bicyclic) bond motifs is 1. The van der Waals surface area contributed by atoms with Crippen molar-refractivity contribution < 1.29 is 9.90 Å². The van der Waals surface area contributed by atoms with Crippen LogP contribution in [0.25, 0.3) is 5.65 Å². The number of rotatable bonds is 7. The lowest BCUT2D eigenvalue weighted by Gasteiger charge is -2.12. The molecule has 2 heterocycles. The van der Waals surface area contributed by atoms with E-state index < -0.39 is 0 Å². The highest BCUT2D eigenvalue weighted by Crippen LogP contribution is 2.44. The molecule has 1 amide bonds. The molecule has 0 radical (unpaired) electrons. The Morgan fingerprint density at radius 2 is 2.27 bits per heavy atom. The van der Waals surface area contributed by atoms with Gasteiger partial charge in [0.05, 0.1) is 18.1 Å². The number of aryl methyl sites for hydroxylation is 1. The Morgan fingerprint density at radius 3 is 3.00 bits per heavy atom. The summed E-state index contributed by atoms with van der Waals surface area (Å²) in [6.07, 6.45) is 6.08. The molecule has 3 rings (SSSR count). The van der Waals surface area contributed by atoms with Crippen molar-refractivity contribution in [1.29, 1.82) is 0 Å². The SMILES string of the molecule is Cc1ccc2nc(CSCC(=O)NCC3(CO)CC3)cn2c1. The first-order chi connectivity index (χ1) is 10.6. The van der Waals surface area contributed by atoms with E-state index in [1.807, 2.05) is 28.9 Å². The van der Waals surface area contributed by atoms with Gasteiger partial charge in [0, 0.05) is 30.1 Å². The predicted molar refractivity (Wildman–Crippen MR) is 87.9 cm³/mol. The lowest BCUT2D eigenvalue weighted by molar-refractivity contribution is -0.118. The van der Waals surface area contributed by atoms with Crippen LogP contribution in [-0.2, 0) is 10.5 Å². The van der Waals surface area contributed by atoms with Gasteiger partial charge < -0.3 is 14.8 Å². The Hall–Kier alpha value is -1.53. The number of hydrogen-bond donors (Lipinski definition) is 2. The fraction of sp³-hybridized carbons (Fsp3) is 0.500. The van der Waals surface area contributed by atoms with E-state index in [1.54, 1.807) is 11.8 Å². The van der Waals surface area contributed by atoms with E-state index in [-0.39, 0.29) is 17.9 Å². The van der Waals surface area contributed by atoms with Crippen molar-refractivity contribution in [2.75, 3.05) is 18.9 Å². The Balaban J connectivity index is 1.44. The van der Waals surface area contributed by atoms with Gasteiger partial charge in [0.2, 0.25) is 5.91 Å². The van der Waals surface area contributed by atoms with Gasteiger partial charge in [-0.25, -0.2) is 4.98 Å². The van der Waals surface area contributed by atoms with Crippen LogP contribution >= 0.6 is 11.8 Å². The average Bonchev–Trinajstić information content (AvgIpc) is 3.18. The van der Waals surface area contributed by atoms with Gasteiger partial charge in [-0.05, 0) is 31.4 Å². The van der Waals surface area contributed by atoms with Crippen LogP contribution in [0.1, 0.15) is 24.1 Å². The number of imidazole rings is 1. The number of carbonyl (C=O) groups excluding carboxylic acids is 1. The van der Waals surface area contributed by atoms with E-state index in [9.17, 15) is 9.90 Å². The van der Waals surface area contributed by atoms with Gasteiger partial charge in [-0.15, -0.1) is 11.8 Å². The number of nitrogens with one attached hydrogen (secondary N) is 1. The summed E-state index contributed by atoms with van der Waals surface area (Å²) in [5.74, 6) is 1.18. The first-order valence-electron chi connectivity index (χ1n) is 7.50. The number of aliphatic hydroxyl groups is 1. The quantitative estimate of drug-likeness (QED) is 0.816. The van der Waals surface area contributed by atoms with Crippen LogP contribution in [-0.4, -0.2) is 39.3 Å². The minimum atomic E-state index is -0.0280. The summed E-state index contributed by atoms with van der Waals surface area (Å²) < 4.78 is 2.02. The topological polar surface area (TPSA) is 66.6 Å². The smallest absolute Gasteiger partial charge is 0.230 e. The van der Waals surface area contributed by atoms with Gasteiger partial charge in [-0.2, -0.15) is 0 Å². The second-order valence-electron chi connectivity index (χ2n) is 6.13. The molecule has 1 aliphatic carbocycles. The Labute approximate surface area is 134 Å². The van der Waals surface area contributed by atoms with Crippen LogP contribution in [0, 0.1) is 12.3 Å². The normalized spacial score (nSPS) is 15.9. The van der Waals surface area contributed by atoms with Crippen LogP contribution in [0.4, 0.5) is 0 Å². The van der Waals surface area contributed by atoms with Gasteiger partial charge >= 0.3 is 0 Å². The van der Waals surface area contributed by atoms with Gasteiger partial charge in [0.1, 0.15) is 5.65 Å². The van der Waals surface area contributed by atoms with Crippen LogP contribution in [0.5, 0.6) is 0 Å². The van der Waals surface area contributed by atoms with Crippen molar-refractivity contribution in [1.82, 2.24) is 14.7 Å². The highest BCUT2D eigenvalue weighted by atomic mass is 32.2. The van der Waals surface area contributed by atoms with Crippen LogP contribution in [0.3, 0.4) is 0 Å². The molecule has 0 spiro atoms. The molecule has 0 atom stereocenters. The maximum absolute atomic E-state index is 11.8. The molecular weight excluding hydrogens is 298 g/mol. The molecular formula is C16H21N3O2S. The van der Waals surface area contributed by atoms with Crippen LogP contribution in [0.2, 0.25) is 0 Å². The molecule has 0 unspecified atom stereocenters. The molecule has 5 nitrogen and oxygen atoms in total. The number of pyridine rings is 1. The number of carbonyl (C=O) groups is 1. The zero-order chi connectivity index (χ0) is 15.6. The molecule has 2 aromatic heterocycles. The number of hydrogen-bond acceptors (Lipinski definition) is 4. The van der Waals surface area contributed by atoms with E-state index in [2.05, 4.69) is 17.2 Å². The van der Waals surface area contributed by atoms with Gasteiger partial charge in [0.15, 0.2) is 0 Å². The van der Waals surface area contributed by atoms with Crippen LogP contribution < -0.4 is 5.32 Å². The first kappa shape index (κ1) is 15.4. The third kappa shape index (κ3) is 3.62. The summed E-state index contributed by atoms with van der Waals surface area (Å²) in [6, 6.07) is 4.04. The molecule has 2 N–H and O–H groups in total. The van der Waals surface area contributed by atoms with Crippen molar-refractivity contribution in [3.8, 4) is 0 Å². The third-order valence-electron chi connectivity index (χ3n) is 4.08. The molecule has 1 aliphatic rings. The second kappa shape index (κ2) is 6.30. The molecule has 1 saturated carbocycles. The predicted octanol–water partition coefficient (Wildman–Crippen LogP) is 1.76. The first-order valence-corrected chi connectivity index (χ1v) is 8.65. The van der Waals surface area contributed by atoms with Crippen molar-refractivity contribution in [2.45, 2.75) is 25.5 Å². The molecule has 0 aliphatic heterocycles. The zero-order valence-corrected chi connectivity index (χ0v) is 13.5. The summed E-state index contributed by atoms with van der Waals surface area (Å²) in [4.78, 5) is 16.3. The van der Waals surface area contributed by atoms with E-state index in [0.29, 0.717) is 12.3 Å². The van der Waals surface area contributed by atoms with Crippen molar-refractivity contribution >= 4 is 23.3 Å². The van der Waals surface area contributed by atoms with Gasteiger partial charge in [-0.3, -0.25) is 4.79 Å². The number of aliphatic hydroxyl groups excluding tert-OH is 1. The van der Waals surface area contributed by atoms with E-state index in [1.165, 1.54) is 5.56 Å². The van der Waals surface area contributed by atoms with Gasteiger partial charge in [-0.1, -0.05) is 6.07 Å². The Morgan fingerprint density at radius 1 is 1.45 bits per heavy atom. The van der Waals surface area contributed by atoms with Crippen molar-refractivity contribution in [3.63, 3.8) is 0 Å². The second-order valence-corrected chi connectivity index (χ2v) is 7.12. The number of nitrogens with zero attached hydrogens (tertiary/aromatic N) is 2. The molecule has 22 heavy (non-hydrogen) atoms. The van der Waals surface area contributed by atoms with Crippen molar-refractivity contribution in [2.24, 2.45) is 5.41 Å². The molecule has 0 saturated heterocycles. The fourth-order valence-electron chi connectivity index (χ4n) is 2.38. The standard InChI is InChI=1S/C16H21N3O2S/c1-12-2-3-14-18-13(7-19(14)6-12)8-22-9-15(21)17-10-16(11-20)4-5-16/h2-3,6-7,20H,4-5,8-11H2,1H3,(H,17,21). The fourth-order valence-corrected chi connectivity index (χ4v) is 3.12. The lowest BCUT2D eigenvalue weighted by Crippen LogP contribution is -2.33. The lowest BCUT2D eigenvalue weighted by atomic mass is 10.1. The third-order valence-corrected chi connectivity index (χ3v) is 5.05. The van der Waals surface area contributed by atoms with Crippen molar-refractivity contribution in [3.05, 3.63) is 35.8 Å². The number of amides is 1. The minimum Gasteiger partial charge on any atom is -0.396 e. The molecule has 0 bridgehead atoms. The highest BCUT2D eigenvalue weighted by molar-refractivity contribution is 7.99. The monoisotopic (exact) mass is 319 g/mol. The van der Waals surface area contributed by atoms with E-state index >= 15 is 0 Å². The Kier molecular flexibility index (Phi) is 4.40. The molecule has 2 aromatic rings. The van der Waals surface area contributed by atoms with Gasteiger partial charge in [0.25, 0.3) is 0 Å². The summed E-state index contributed by atoms with van der Waals surface area (Å²) in [7, 11) is 0. The maximum atomic E-state index is 11.8. The minimum absolute atomic E-state index is 0.0280. The highest BCUT2D eigenvalue weighted by Gasteiger charge is 2.41. The molecule has 6 heteroatoms. The molecule has 0 aromatic carbocycles.